The van der Waals surface area contributed by atoms with Crippen LogP contribution in [0.1, 0.15) is 23.6 Å². The minimum Gasteiger partial charge on any atom is -0.496 e. The first-order valence-electron chi connectivity index (χ1n) is 6.62. The molecular weight excluding hydrogens is 240 g/mol. The summed E-state index contributed by atoms with van der Waals surface area (Å²) in [5.74, 6) is 0.797. The molecule has 1 rings (SSSR count). The smallest absolute Gasteiger partial charge is 0.224 e. The molecule has 0 aromatic heterocycles. The largest absolute Gasteiger partial charge is 0.496 e. The zero-order valence-corrected chi connectivity index (χ0v) is 12.2. The molecule has 0 fully saturated rings. The van der Waals surface area contributed by atoms with Crippen molar-refractivity contribution in [2.24, 2.45) is 11.7 Å². The van der Waals surface area contributed by atoms with E-state index >= 15 is 0 Å². The summed E-state index contributed by atoms with van der Waals surface area (Å²) in [5.41, 5.74) is 9.07. The number of benzene rings is 1. The fraction of sp³-hybridized carbons (Fsp3) is 0.533. The molecule has 0 aliphatic carbocycles. The summed E-state index contributed by atoms with van der Waals surface area (Å²) in [6.45, 7) is 6.98. The molecule has 0 saturated carbocycles. The maximum absolute atomic E-state index is 11.6. The molecule has 1 amide bonds. The van der Waals surface area contributed by atoms with E-state index in [0.29, 0.717) is 13.1 Å². The summed E-state index contributed by atoms with van der Waals surface area (Å²) >= 11 is 0. The summed E-state index contributed by atoms with van der Waals surface area (Å²) in [5, 5.41) is 2.91. The molecule has 0 saturated heterocycles. The highest BCUT2D eigenvalue weighted by molar-refractivity contribution is 5.78. The number of nitrogens with one attached hydrogen (secondary N) is 1. The molecule has 4 nitrogen and oxygen atoms in total. The molecule has 0 radical (unpaired) electrons. The van der Waals surface area contributed by atoms with Crippen molar-refractivity contribution in [3.8, 4) is 5.75 Å². The monoisotopic (exact) mass is 264 g/mol. The van der Waals surface area contributed by atoms with Gasteiger partial charge in [-0.05, 0) is 43.0 Å². The molecule has 1 atom stereocenters. The summed E-state index contributed by atoms with van der Waals surface area (Å²) in [6.07, 6.45) is 0.819. The molecular formula is C15H24N2O2. The van der Waals surface area contributed by atoms with Crippen LogP contribution in [-0.4, -0.2) is 26.1 Å². The van der Waals surface area contributed by atoms with Crippen molar-refractivity contribution in [3.63, 3.8) is 0 Å². The molecule has 0 bridgehead atoms. The maximum atomic E-state index is 11.6. The normalized spacial score (nSPS) is 12.1. The minimum atomic E-state index is -0.126. The zero-order chi connectivity index (χ0) is 14.4. The SMILES string of the molecule is COc1ccc(CCNC(=O)C(C)CN)c(C)c1C. The predicted octanol–water partition coefficient (Wildman–Crippen LogP) is 1.57. The van der Waals surface area contributed by atoms with Crippen LogP contribution in [0.15, 0.2) is 12.1 Å². The van der Waals surface area contributed by atoms with Gasteiger partial charge in [0.15, 0.2) is 0 Å². The Labute approximate surface area is 115 Å². The van der Waals surface area contributed by atoms with E-state index in [2.05, 4.69) is 18.3 Å². The molecule has 0 heterocycles. The number of hydrogen-bond donors (Lipinski definition) is 2. The van der Waals surface area contributed by atoms with E-state index in [1.807, 2.05) is 19.9 Å². The highest BCUT2D eigenvalue weighted by Crippen LogP contribution is 2.23. The van der Waals surface area contributed by atoms with Gasteiger partial charge in [0.05, 0.1) is 7.11 Å². The van der Waals surface area contributed by atoms with Gasteiger partial charge in [-0.3, -0.25) is 4.79 Å². The van der Waals surface area contributed by atoms with Crippen molar-refractivity contribution in [3.05, 3.63) is 28.8 Å². The number of methoxy groups -OCH3 is 1. The first-order chi connectivity index (χ1) is 9.01. The average Bonchev–Trinajstić information content (AvgIpc) is 2.42. The van der Waals surface area contributed by atoms with Gasteiger partial charge in [0.2, 0.25) is 5.91 Å². The molecule has 106 valence electrons. The molecule has 1 aromatic rings. The lowest BCUT2D eigenvalue weighted by Gasteiger charge is -2.14. The second-order valence-corrected chi connectivity index (χ2v) is 4.85. The van der Waals surface area contributed by atoms with Gasteiger partial charge in [0.25, 0.3) is 0 Å². The van der Waals surface area contributed by atoms with Crippen LogP contribution in [0.5, 0.6) is 5.75 Å². The van der Waals surface area contributed by atoms with Crippen LogP contribution in [-0.2, 0) is 11.2 Å². The minimum absolute atomic E-state index is 0.0189. The molecule has 3 N–H and O–H groups in total. The lowest BCUT2D eigenvalue weighted by Crippen LogP contribution is -2.34. The van der Waals surface area contributed by atoms with Gasteiger partial charge in [-0.25, -0.2) is 0 Å². The van der Waals surface area contributed by atoms with E-state index in [1.165, 1.54) is 11.1 Å². The van der Waals surface area contributed by atoms with Crippen LogP contribution in [0.4, 0.5) is 0 Å². The summed E-state index contributed by atoms with van der Waals surface area (Å²) in [6, 6.07) is 4.03. The molecule has 0 aliphatic heterocycles. The van der Waals surface area contributed by atoms with Crippen LogP contribution in [0, 0.1) is 19.8 Å². The highest BCUT2D eigenvalue weighted by atomic mass is 16.5. The molecule has 1 aromatic carbocycles. The van der Waals surface area contributed by atoms with Crippen molar-refractivity contribution in [2.45, 2.75) is 27.2 Å². The summed E-state index contributed by atoms with van der Waals surface area (Å²) in [7, 11) is 1.68. The fourth-order valence-electron chi connectivity index (χ4n) is 1.95. The Balaban J connectivity index is 2.59. The van der Waals surface area contributed by atoms with E-state index in [4.69, 9.17) is 10.5 Å². The first-order valence-corrected chi connectivity index (χ1v) is 6.62. The Kier molecular flexibility index (Phi) is 5.83. The molecule has 0 aliphatic rings. The second kappa shape index (κ2) is 7.14. The number of carbonyl (C=O) groups is 1. The van der Waals surface area contributed by atoms with Gasteiger partial charge in [0, 0.05) is 19.0 Å². The van der Waals surface area contributed by atoms with Gasteiger partial charge < -0.3 is 15.8 Å². The van der Waals surface area contributed by atoms with Gasteiger partial charge in [0.1, 0.15) is 5.75 Å². The zero-order valence-electron chi connectivity index (χ0n) is 12.2. The van der Waals surface area contributed by atoms with Crippen LogP contribution in [0.3, 0.4) is 0 Å². The number of hydrogen-bond acceptors (Lipinski definition) is 3. The van der Waals surface area contributed by atoms with Crippen molar-refractivity contribution < 1.29 is 9.53 Å². The molecule has 4 heteroatoms. The van der Waals surface area contributed by atoms with E-state index < -0.39 is 0 Å². The second-order valence-electron chi connectivity index (χ2n) is 4.85. The van der Waals surface area contributed by atoms with Crippen molar-refractivity contribution in [1.29, 1.82) is 0 Å². The van der Waals surface area contributed by atoms with Crippen LogP contribution in [0.2, 0.25) is 0 Å². The third-order valence-corrected chi connectivity index (χ3v) is 3.56. The Hall–Kier alpha value is -1.55. The van der Waals surface area contributed by atoms with E-state index in [9.17, 15) is 4.79 Å². The standard InChI is InChI=1S/C15H24N2O2/c1-10(9-16)15(18)17-8-7-13-5-6-14(19-4)12(3)11(13)2/h5-6,10H,7-9,16H2,1-4H3,(H,17,18). The number of carbonyl (C=O) groups excluding carboxylic acids is 1. The fourth-order valence-corrected chi connectivity index (χ4v) is 1.95. The Bertz CT molecular complexity index is 444. The van der Waals surface area contributed by atoms with Crippen LogP contribution < -0.4 is 15.8 Å². The first kappa shape index (κ1) is 15.5. The topological polar surface area (TPSA) is 64.3 Å². The number of ether oxygens (including phenoxy) is 1. The number of amides is 1. The van der Waals surface area contributed by atoms with Gasteiger partial charge in [-0.15, -0.1) is 0 Å². The van der Waals surface area contributed by atoms with Crippen molar-refractivity contribution in [1.82, 2.24) is 5.32 Å². The predicted molar refractivity (Wildman–Crippen MR) is 77.4 cm³/mol. The van der Waals surface area contributed by atoms with Crippen LogP contribution in [0.25, 0.3) is 0 Å². The third-order valence-electron chi connectivity index (χ3n) is 3.56. The lowest BCUT2D eigenvalue weighted by molar-refractivity contribution is -0.124. The van der Waals surface area contributed by atoms with Crippen LogP contribution >= 0.6 is 0 Å². The van der Waals surface area contributed by atoms with E-state index in [0.717, 1.165) is 17.7 Å². The Morgan fingerprint density at radius 1 is 1.37 bits per heavy atom. The lowest BCUT2D eigenvalue weighted by atomic mass is 10.00. The average molecular weight is 264 g/mol. The van der Waals surface area contributed by atoms with E-state index in [-0.39, 0.29) is 11.8 Å². The van der Waals surface area contributed by atoms with Gasteiger partial charge in [-0.2, -0.15) is 0 Å². The maximum Gasteiger partial charge on any atom is 0.224 e. The highest BCUT2D eigenvalue weighted by Gasteiger charge is 2.10. The van der Waals surface area contributed by atoms with Crippen molar-refractivity contribution >= 4 is 5.91 Å². The van der Waals surface area contributed by atoms with E-state index in [1.54, 1.807) is 7.11 Å². The molecule has 19 heavy (non-hydrogen) atoms. The Morgan fingerprint density at radius 3 is 2.63 bits per heavy atom. The quantitative estimate of drug-likeness (QED) is 0.819. The van der Waals surface area contributed by atoms with Gasteiger partial charge >= 0.3 is 0 Å². The number of rotatable bonds is 6. The third kappa shape index (κ3) is 3.96. The summed E-state index contributed by atoms with van der Waals surface area (Å²) < 4.78 is 5.29. The van der Waals surface area contributed by atoms with Crippen molar-refractivity contribution in [2.75, 3.05) is 20.2 Å². The molecule has 0 spiro atoms. The number of nitrogens with two attached hydrogens (primary N) is 1. The summed E-state index contributed by atoms with van der Waals surface area (Å²) in [4.78, 5) is 11.6. The molecule has 1 unspecified atom stereocenters. The van der Waals surface area contributed by atoms with Gasteiger partial charge in [-0.1, -0.05) is 13.0 Å². The Morgan fingerprint density at radius 2 is 2.05 bits per heavy atom.